The normalized spacial score (nSPS) is 10.8. The summed E-state index contributed by atoms with van der Waals surface area (Å²) in [6.07, 6.45) is 4.63. The highest BCUT2D eigenvalue weighted by atomic mass is 32.1. The Kier molecular flexibility index (Phi) is 8.51. The maximum Gasteiger partial charge on any atom is 0.294 e. The SMILES string of the molecule is Cc1nc(CCCCc2nc(C)c(CCO[N+](=O)[O-])s2)sc1CCO[N+](=O)[O-]. The molecule has 0 spiro atoms. The van der Waals surface area contributed by atoms with Crippen LogP contribution in [0.2, 0.25) is 0 Å². The van der Waals surface area contributed by atoms with Gasteiger partial charge in [0.15, 0.2) is 0 Å². The maximum atomic E-state index is 10.2. The van der Waals surface area contributed by atoms with E-state index in [1.807, 2.05) is 13.8 Å². The molecule has 2 heterocycles. The zero-order chi connectivity index (χ0) is 20.5. The van der Waals surface area contributed by atoms with Crippen molar-refractivity contribution in [3.8, 4) is 0 Å². The standard InChI is InChI=1S/C16H22N4O6S2/c1-11-13(7-9-25-19(21)22)27-15(17-11)5-3-4-6-16-18-12(2)14(28-16)8-10-26-20(23)24/h3-10H2,1-2H3. The van der Waals surface area contributed by atoms with Gasteiger partial charge in [0.05, 0.1) is 21.4 Å². The molecule has 0 aromatic carbocycles. The van der Waals surface area contributed by atoms with E-state index in [4.69, 9.17) is 0 Å². The number of unbranched alkanes of at least 4 members (excludes halogenated alkanes) is 1. The molecule has 0 fully saturated rings. The molecule has 0 N–H and O–H groups in total. The molecular formula is C16H22N4O6S2. The minimum Gasteiger partial charge on any atom is -0.314 e. The summed E-state index contributed by atoms with van der Waals surface area (Å²) in [5, 5.41) is 20.9. The van der Waals surface area contributed by atoms with E-state index in [9.17, 15) is 20.2 Å². The van der Waals surface area contributed by atoms with Crippen LogP contribution in [-0.4, -0.2) is 33.4 Å². The van der Waals surface area contributed by atoms with Crippen LogP contribution in [0.15, 0.2) is 0 Å². The van der Waals surface area contributed by atoms with Crippen LogP contribution in [0.5, 0.6) is 0 Å². The highest BCUT2D eigenvalue weighted by Crippen LogP contribution is 2.23. The molecule has 154 valence electrons. The van der Waals surface area contributed by atoms with E-state index < -0.39 is 10.2 Å². The highest BCUT2D eigenvalue weighted by Gasteiger charge is 2.10. The smallest absolute Gasteiger partial charge is 0.294 e. The minimum absolute atomic E-state index is 0.0495. The van der Waals surface area contributed by atoms with Crippen molar-refractivity contribution in [1.82, 2.24) is 9.97 Å². The molecule has 0 unspecified atom stereocenters. The summed E-state index contributed by atoms with van der Waals surface area (Å²) in [5.41, 5.74) is 1.81. The number of aromatic nitrogens is 2. The molecule has 12 heteroatoms. The van der Waals surface area contributed by atoms with Crippen LogP contribution in [-0.2, 0) is 35.4 Å². The fraction of sp³-hybridized carbons (Fsp3) is 0.625. The van der Waals surface area contributed by atoms with Crippen molar-refractivity contribution in [2.45, 2.75) is 52.4 Å². The molecule has 0 saturated carbocycles. The summed E-state index contributed by atoms with van der Waals surface area (Å²) >= 11 is 3.16. The van der Waals surface area contributed by atoms with Gasteiger partial charge in [0, 0.05) is 22.6 Å². The monoisotopic (exact) mass is 430 g/mol. The van der Waals surface area contributed by atoms with E-state index in [1.54, 1.807) is 22.7 Å². The molecule has 0 amide bonds. The van der Waals surface area contributed by atoms with Gasteiger partial charge in [-0.3, -0.25) is 0 Å². The van der Waals surface area contributed by atoms with Gasteiger partial charge in [0.2, 0.25) is 0 Å². The summed E-state index contributed by atoms with van der Waals surface area (Å²) in [4.78, 5) is 40.2. The molecular weight excluding hydrogens is 408 g/mol. The predicted octanol–water partition coefficient (Wildman–Crippen LogP) is 3.28. The van der Waals surface area contributed by atoms with Crippen molar-refractivity contribution in [3.63, 3.8) is 0 Å². The summed E-state index contributed by atoms with van der Waals surface area (Å²) in [5.74, 6) is 0. The van der Waals surface area contributed by atoms with Gasteiger partial charge in [-0.2, -0.15) is 0 Å². The Balaban J connectivity index is 1.72. The van der Waals surface area contributed by atoms with Gasteiger partial charge in [0.25, 0.3) is 10.2 Å². The molecule has 28 heavy (non-hydrogen) atoms. The zero-order valence-corrected chi connectivity index (χ0v) is 17.3. The Morgan fingerprint density at radius 2 is 1.18 bits per heavy atom. The van der Waals surface area contributed by atoms with Gasteiger partial charge in [-0.05, 0) is 39.5 Å². The van der Waals surface area contributed by atoms with Gasteiger partial charge < -0.3 is 9.68 Å². The van der Waals surface area contributed by atoms with Crippen LogP contribution in [0.1, 0.15) is 44.0 Å². The Morgan fingerprint density at radius 1 is 0.786 bits per heavy atom. The molecule has 0 bridgehead atoms. The average molecular weight is 431 g/mol. The number of thiazole rings is 2. The molecule has 2 aromatic rings. The lowest BCUT2D eigenvalue weighted by Gasteiger charge is -1.97. The molecule has 0 aliphatic rings. The molecule has 0 aliphatic carbocycles. The Bertz CT molecular complexity index is 741. The molecule has 2 aromatic heterocycles. The topological polar surface area (TPSA) is 131 Å². The minimum atomic E-state index is -0.779. The van der Waals surface area contributed by atoms with Crippen molar-refractivity contribution in [2.75, 3.05) is 13.2 Å². The second-order valence-electron chi connectivity index (χ2n) is 6.05. The first kappa shape index (κ1) is 22.0. The third-order valence-corrected chi connectivity index (χ3v) is 6.51. The number of hydrogen-bond donors (Lipinski definition) is 0. The van der Waals surface area contributed by atoms with E-state index in [1.165, 1.54) is 0 Å². The second-order valence-corrected chi connectivity index (χ2v) is 8.39. The van der Waals surface area contributed by atoms with Gasteiger partial charge in [-0.1, -0.05) is 0 Å². The lowest BCUT2D eigenvalue weighted by Crippen LogP contribution is -2.04. The summed E-state index contributed by atoms with van der Waals surface area (Å²) in [6.45, 7) is 3.91. The number of hydrogen-bond acceptors (Lipinski definition) is 10. The van der Waals surface area contributed by atoms with Crippen LogP contribution < -0.4 is 0 Å². The molecule has 0 radical (unpaired) electrons. The van der Waals surface area contributed by atoms with Gasteiger partial charge >= 0.3 is 0 Å². The van der Waals surface area contributed by atoms with Crippen LogP contribution in [0.3, 0.4) is 0 Å². The van der Waals surface area contributed by atoms with Crippen LogP contribution >= 0.6 is 22.7 Å². The van der Waals surface area contributed by atoms with E-state index in [2.05, 4.69) is 19.6 Å². The first-order valence-electron chi connectivity index (χ1n) is 8.80. The molecule has 10 nitrogen and oxygen atoms in total. The second kappa shape index (κ2) is 10.9. The largest absolute Gasteiger partial charge is 0.314 e. The first-order chi connectivity index (χ1) is 13.3. The van der Waals surface area contributed by atoms with Gasteiger partial charge in [-0.15, -0.1) is 42.9 Å². The van der Waals surface area contributed by atoms with Crippen molar-refractivity contribution in [2.24, 2.45) is 0 Å². The average Bonchev–Trinajstić information content (AvgIpc) is 3.14. The van der Waals surface area contributed by atoms with E-state index in [0.29, 0.717) is 12.8 Å². The summed E-state index contributed by atoms with van der Waals surface area (Å²) in [6, 6.07) is 0. The first-order valence-corrected chi connectivity index (χ1v) is 10.4. The Hall–Kier alpha value is -2.34. The van der Waals surface area contributed by atoms with E-state index in [0.717, 1.165) is 56.8 Å². The van der Waals surface area contributed by atoms with Crippen molar-refractivity contribution < 1.29 is 19.8 Å². The van der Waals surface area contributed by atoms with Crippen LogP contribution in [0, 0.1) is 34.1 Å². The predicted molar refractivity (Wildman–Crippen MR) is 104 cm³/mol. The van der Waals surface area contributed by atoms with E-state index in [-0.39, 0.29) is 13.2 Å². The number of rotatable bonds is 13. The summed E-state index contributed by atoms with van der Waals surface area (Å²) < 4.78 is 0. The molecule has 0 aliphatic heterocycles. The molecule has 2 rings (SSSR count). The maximum absolute atomic E-state index is 10.2. The van der Waals surface area contributed by atoms with Crippen molar-refractivity contribution in [3.05, 3.63) is 51.4 Å². The van der Waals surface area contributed by atoms with Crippen LogP contribution in [0.25, 0.3) is 0 Å². The zero-order valence-electron chi connectivity index (χ0n) is 15.7. The fourth-order valence-electron chi connectivity index (χ4n) is 2.63. The lowest BCUT2D eigenvalue weighted by molar-refractivity contribution is -0.757. The number of nitrogens with zero attached hydrogens (tertiary/aromatic N) is 4. The fourth-order valence-corrected chi connectivity index (χ4v) is 4.82. The van der Waals surface area contributed by atoms with Gasteiger partial charge in [-0.25, -0.2) is 9.97 Å². The third-order valence-electron chi connectivity index (χ3n) is 3.96. The van der Waals surface area contributed by atoms with Crippen molar-refractivity contribution in [1.29, 1.82) is 0 Å². The lowest BCUT2D eigenvalue weighted by atomic mass is 10.2. The third kappa shape index (κ3) is 7.35. The Labute approximate surface area is 169 Å². The van der Waals surface area contributed by atoms with Crippen molar-refractivity contribution >= 4 is 22.7 Å². The van der Waals surface area contributed by atoms with Crippen LogP contribution in [0.4, 0.5) is 0 Å². The molecule has 0 saturated heterocycles. The molecule has 0 atom stereocenters. The number of aryl methyl sites for hydroxylation is 4. The summed E-state index contributed by atoms with van der Waals surface area (Å²) in [7, 11) is 0. The van der Waals surface area contributed by atoms with E-state index >= 15 is 0 Å². The van der Waals surface area contributed by atoms with Gasteiger partial charge in [0.1, 0.15) is 13.2 Å². The Morgan fingerprint density at radius 3 is 1.54 bits per heavy atom. The quantitative estimate of drug-likeness (QED) is 0.269. The highest BCUT2D eigenvalue weighted by molar-refractivity contribution is 7.12.